The second kappa shape index (κ2) is 14.3. The SMILES string of the molecule is COc1ccc(S(=O)(=O)N(CC(=O)NN=Cc2ccc(OCC(=O)Nc3ccc(F)cc3)cc2)c2ccc(Cl)cc2)cc1. The highest BCUT2D eigenvalue weighted by molar-refractivity contribution is 7.92. The quantitative estimate of drug-likeness (QED) is 0.171. The van der Waals surface area contributed by atoms with Crippen molar-refractivity contribution in [3.63, 3.8) is 0 Å². The number of hydrazone groups is 1. The second-order valence-corrected chi connectivity index (χ2v) is 11.2. The average Bonchev–Trinajstić information content (AvgIpc) is 3.01. The van der Waals surface area contributed by atoms with Gasteiger partial charge in [0.05, 0.1) is 23.9 Å². The lowest BCUT2D eigenvalue weighted by Gasteiger charge is -2.23. The summed E-state index contributed by atoms with van der Waals surface area (Å²) < 4.78 is 51.4. The molecule has 0 spiro atoms. The zero-order chi connectivity index (χ0) is 30.8. The van der Waals surface area contributed by atoms with Crippen molar-refractivity contribution in [2.45, 2.75) is 4.90 Å². The molecule has 0 saturated heterocycles. The van der Waals surface area contributed by atoms with Crippen molar-refractivity contribution in [3.8, 4) is 11.5 Å². The topological polar surface area (TPSA) is 126 Å². The lowest BCUT2D eigenvalue weighted by atomic mass is 10.2. The number of rotatable bonds is 12. The van der Waals surface area contributed by atoms with Crippen LogP contribution < -0.4 is 24.5 Å². The van der Waals surface area contributed by atoms with E-state index in [4.69, 9.17) is 21.1 Å². The molecule has 222 valence electrons. The number of ether oxygens (including phenoxy) is 2. The van der Waals surface area contributed by atoms with Gasteiger partial charge in [-0.25, -0.2) is 18.2 Å². The second-order valence-electron chi connectivity index (χ2n) is 8.87. The van der Waals surface area contributed by atoms with Gasteiger partial charge in [0.25, 0.3) is 21.8 Å². The van der Waals surface area contributed by atoms with Crippen molar-refractivity contribution < 1.29 is 31.9 Å². The zero-order valence-corrected chi connectivity index (χ0v) is 24.3. The molecule has 0 aliphatic rings. The van der Waals surface area contributed by atoms with Crippen LogP contribution >= 0.6 is 11.6 Å². The Kier molecular flexibility index (Phi) is 10.3. The normalized spacial score (nSPS) is 11.1. The average molecular weight is 625 g/mol. The maximum absolute atomic E-state index is 13.5. The van der Waals surface area contributed by atoms with Gasteiger partial charge in [0.15, 0.2) is 6.61 Å². The molecule has 10 nitrogen and oxygen atoms in total. The van der Waals surface area contributed by atoms with Crippen LogP contribution in [-0.2, 0) is 19.6 Å². The molecule has 0 unspecified atom stereocenters. The van der Waals surface area contributed by atoms with Crippen molar-refractivity contribution in [1.29, 1.82) is 0 Å². The zero-order valence-electron chi connectivity index (χ0n) is 22.7. The van der Waals surface area contributed by atoms with E-state index in [1.807, 2.05) is 0 Å². The van der Waals surface area contributed by atoms with Crippen molar-refractivity contribution >= 4 is 51.0 Å². The molecule has 0 heterocycles. The van der Waals surface area contributed by atoms with Crippen LogP contribution in [-0.4, -0.2) is 46.7 Å². The van der Waals surface area contributed by atoms with E-state index in [0.29, 0.717) is 27.8 Å². The Morgan fingerprint density at radius 2 is 1.51 bits per heavy atom. The molecule has 0 fully saturated rings. The fourth-order valence-electron chi connectivity index (χ4n) is 3.67. The highest BCUT2D eigenvalue weighted by Crippen LogP contribution is 2.26. The molecule has 43 heavy (non-hydrogen) atoms. The van der Waals surface area contributed by atoms with Gasteiger partial charge in [-0.1, -0.05) is 11.6 Å². The molecule has 0 aliphatic heterocycles. The van der Waals surface area contributed by atoms with Gasteiger partial charge in [0, 0.05) is 10.7 Å². The van der Waals surface area contributed by atoms with Crippen molar-refractivity contribution in [3.05, 3.63) is 113 Å². The molecule has 0 aromatic heterocycles. The lowest BCUT2D eigenvalue weighted by Crippen LogP contribution is -2.39. The monoisotopic (exact) mass is 624 g/mol. The minimum absolute atomic E-state index is 0.0326. The number of carbonyl (C=O) groups excluding carboxylic acids is 2. The van der Waals surface area contributed by atoms with E-state index in [1.165, 1.54) is 86.1 Å². The molecule has 0 atom stereocenters. The molecule has 4 aromatic carbocycles. The predicted molar refractivity (Wildman–Crippen MR) is 162 cm³/mol. The first-order valence-electron chi connectivity index (χ1n) is 12.7. The van der Waals surface area contributed by atoms with Gasteiger partial charge in [-0.2, -0.15) is 5.10 Å². The third-order valence-corrected chi connectivity index (χ3v) is 7.87. The number of hydrogen-bond acceptors (Lipinski definition) is 7. The Hall–Kier alpha value is -4.94. The highest BCUT2D eigenvalue weighted by Gasteiger charge is 2.27. The molecule has 2 amide bonds. The number of carbonyl (C=O) groups is 2. The van der Waals surface area contributed by atoms with E-state index < -0.39 is 34.2 Å². The van der Waals surface area contributed by atoms with E-state index in [1.54, 1.807) is 24.3 Å². The van der Waals surface area contributed by atoms with Crippen molar-refractivity contribution in [2.24, 2.45) is 5.10 Å². The van der Waals surface area contributed by atoms with Gasteiger partial charge >= 0.3 is 0 Å². The number of nitrogens with zero attached hydrogens (tertiary/aromatic N) is 2. The van der Waals surface area contributed by atoms with E-state index in [0.717, 1.165) is 4.31 Å². The van der Waals surface area contributed by atoms with Crippen molar-refractivity contribution in [1.82, 2.24) is 5.43 Å². The number of amides is 2. The molecule has 0 aliphatic carbocycles. The van der Waals surface area contributed by atoms with E-state index >= 15 is 0 Å². The van der Waals surface area contributed by atoms with Gasteiger partial charge in [-0.05, 0) is 103 Å². The first-order chi connectivity index (χ1) is 20.6. The largest absolute Gasteiger partial charge is 0.497 e. The Morgan fingerprint density at radius 1 is 0.884 bits per heavy atom. The maximum Gasteiger partial charge on any atom is 0.264 e. The molecule has 13 heteroatoms. The van der Waals surface area contributed by atoms with Crippen LogP contribution in [0.1, 0.15) is 5.56 Å². The van der Waals surface area contributed by atoms with Crippen LogP contribution in [0.2, 0.25) is 5.02 Å². The van der Waals surface area contributed by atoms with E-state index in [9.17, 15) is 22.4 Å². The Labute approximate surface area is 252 Å². The molecule has 4 rings (SSSR count). The van der Waals surface area contributed by atoms with Gasteiger partial charge < -0.3 is 14.8 Å². The smallest absolute Gasteiger partial charge is 0.264 e. The van der Waals surface area contributed by atoms with Gasteiger partial charge in [-0.3, -0.25) is 13.9 Å². The fourth-order valence-corrected chi connectivity index (χ4v) is 5.22. The van der Waals surface area contributed by atoms with E-state index in [-0.39, 0.29) is 17.2 Å². The summed E-state index contributed by atoms with van der Waals surface area (Å²) in [6.07, 6.45) is 1.37. The molecule has 0 bridgehead atoms. The first-order valence-corrected chi connectivity index (χ1v) is 14.5. The third-order valence-electron chi connectivity index (χ3n) is 5.83. The fraction of sp³-hybridized carbons (Fsp3) is 0.100. The molecule has 0 saturated carbocycles. The van der Waals surface area contributed by atoms with E-state index in [2.05, 4.69) is 15.8 Å². The summed E-state index contributed by atoms with van der Waals surface area (Å²) in [5.41, 5.74) is 3.62. The van der Waals surface area contributed by atoms with Crippen LogP contribution in [0, 0.1) is 5.82 Å². The molecule has 4 aromatic rings. The minimum atomic E-state index is -4.14. The predicted octanol–water partition coefficient (Wildman–Crippen LogP) is 4.85. The number of nitrogens with one attached hydrogen (secondary N) is 2. The third kappa shape index (κ3) is 8.77. The summed E-state index contributed by atoms with van der Waals surface area (Å²) in [6, 6.07) is 23.7. The number of sulfonamides is 1. The van der Waals surface area contributed by atoms with Gasteiger partial charge in [0.1, 0.15) is 23.9 Å². The molecule has 2 N–H and O–H groups in total. The Balaban J connectivity index is 1.35. The van der Waals surface area contributed by atoms with Crippen molar-refractivity contribution in [2.75, 3.05) is 29.9 Å². The summed E-state index contributed by atoms with van der Waals surface area (Å²) in [5.74, 6) is -0.610. The minimum Gasteiger partial charge on any atom is -0.497 e. The number of methoxy groups -OCH3 is 1. The summed E-state index contributed by atoms with van der Waals surface area (Å²) >= 11 is 5.97. The summed E-state index contributed by atoms with van der Waals surface area (Å²) in [5, 5.41) is 6.92. The van der Waals surface area contributed by atoms with Crippen LogP contribution in [0.3, 0.4) is 0 Å². The summed E-state index contributed by atoms with van der Waals surface area (Å²) in [6.45, 7) is -0.815. The highest BCUT2D eigenvalue weighted by atomic mass is 35.5. The number of anilines is 2. The maximum atomic E-state index is 13.5. The lowest BCUT2D eigenvalue weighted by molar-refractivity contribution is -0.119. The van der Waals surface area contributed by atoms with Gasteiger partial charge in [0.2, 0.25) is 0 Å². The number of benzene rings is 4. The molecular formula is C30H26ClFN4O6S. The Bertz CT molecular complexity index is 1680. The Morgan fingerprint density at radius 3 is 2.14 bits per heavy atom. The molecule has 0 radical (unpaired) electrons. The van der Waals surface area contributed by atoms with Gasteiger partial charge in [-0.15, -0.1) is 0 Å². The van der Waals surface area contributed by atoms with Crippen LogP contribution in [0.25, 0.3) is 0 Å². The first kappa shape index (κ1) is 31.0. The van der Waals surface area contributed by atoms with Crippen LogP contribution in [0.15, 0.2) is 107 Å². The standard InChI is InChI=1S/C30H26ClFN4O6S/c1-41-26-14-16-28(17-15-26)43(39,40)36(25-10-4-22(31)5-11-25)19-29(37)35-33-18-21-2-12-27(13-3-21)42-20-30(38)34-24-8-6-23(32)7-9-24/h2-18H,19-20H2,1H3,(H,34,38)(H,35,37). The van der Waals surface area contributed by atoms with Crippen LogP contribution in [0.4, 0.5) is 15.8 Å². The number of hydrogen-bond donors (Lipinski definition) is 2. The number of halogens is 2. The summed E-state index contributed by atoms with van der Waals surface area (Å²) in [7, 11) is -2.67. The van der Waals surface area contributed by atoms with Crippen LogP contribution in [0.5, 0.6) is 11.5 Å². The molecular weight excluding hydrogens is 599 g/mol. The summed E-state index contributed by atoms with van der Waals surface area (Å²) in [4.78, 5) is 24.8.